The van der Waals surface area contributed by atoms with Crippen LogP contribution in [0.2, 0.25) is 0 Å². The summed E-state index contributed by atoms with van der Waals surface area (Å²) in [6.07, 6.45) is -9.02. The first-order valence-electron chi connectivity index (χ1n) is 29.6. The van der Waals surface area contributed by atoms with Gasteiger partial charge in [0.25, 0.3) is 0 Å². The minimum atomic E-state index is -2.42. The van der Waals surface area contributed by atoms with Crippen molar-refractivity contribution in [1.82, 2.24) is 0 Å². The molecule has 24 nitrogen and oxygen atoms in total. The lowest BCUT2D eigenvalue weighted by atomic mass is 9.66. The van der Waals surface area contributed by atoms with E-state index in [1.54, 1.807) is 0 Å². The summed E-state index contributed by atoms with van der Waals surface area (Å²) >= 11 is 0. The van der Waals surface area contributed by atoms with E-state index in [-0.39, 0.29) is 19.1 Å². The zero-order valence-electron chi connectivity index (χ0n) is 47.4. The molecular weight excluding hydrogens is 1060 g/mol. The Morgan fingerprint density at radius 2 is 0.887 bits per heavy atom. The summed E-state index contributed by atoms with van der Waals surface area (Å²) in [6.45, 7) is 4.91. The molecule has 2 saturated heterocycles. The molecule has 0 aromatic carbocycles. The molecule has 0 radical (unpaired) electrons. The maximum absolute atomic E-state index is 11.7. The largest absolute Gasteiger partial charge is 0.506 e. The van der Waals surface area contributed by atoms with Gasteiger partial charge in [0.05, 0.1) is 38.6 Å². The van der Waals surface area contributed by atoms with E-state index in [9.17, 15) is 71.5 Å². The molecule has 2 aliphatic heterocycles. The summed E-state index contributed by atoms with van der Waals surface area (Å²) in [5.74, 6) is -6.08. The SMILES string of the molecule is CCCCCCCCCCCOCC1C2CC(C(O[C@@H]3OC(CO)[C@@H](O[C@@H](O)/C(O)=C(/O)[C@H](O)CCO)C(O)C3O)C2O[C@@H]2OC(CO)[C@@H](O[C@@H](O)/C(O)=C(/O)[C@H](O)CCO)C(O)C2O)C1(C)COCCCCCCCCCCC. The van der Waals surface area contributed by atoms with Crippen molar-refractivity contribution in [3.8, 4) is 0 Å². The van der Waals surface area contributed by atoms with Gasteiger partial charge in [0.1, 0.15) is 61.0 Å². The van der Waals surface area contributed by atoms with Crippen LogP contribution in [0.4, 0.5) is 0 Å². The Kier molecular flexibility index (Phi) is 32.2. The van der Waals surface area contributed by atoms with Crippen molar-refractivity contribution < 1.29 is 120 Å². The van der Waals surface area contributed by atoms with Crippen molar-refractivity contribution in [3.63, 3.8) is 0 Å². The summed E-state index contributed by atoms with van der Waals surface area (Å²) in [7, 11) is 0. The third-order valence-electron chi connectivity index (χ3n) is 16.6. The number of aliphatic hydroxyl groups is 16. The summed E-state index contributed by atoms with van der Waals surface area (Å²) < 4.78 is 49.1. The van der Waals surface area contributed by atoms with Crippen molar-refractivity contribution in [2.45, 2.75) is 254 Å². The Labute approximate surface area is 471 Å². The van der Waals surface area contributed by atoms with E-state index in [4.69, 9.17) is 48.1 Å². The first-order valence-corrected chi connectivity index (χ1v) is 29.6. The molecule has 0 aromatic rings. The quantitative estimate of drug-likeness (QED) is 0.0237. The minimum absolute atomic E-state index is 0.244. The van der Waals surface area contributed by atoms with Crippen LogP contribution in [-0.4, -0.2) is 233 Å². The van der Waals surface area contributed by atoms with E-state index in [0.717, 1.165) is 51.4 Å². The van der Waals surface area contributed by atoms with E-state index < -0.39 is 178 Å². The number of aliphatic hydroxyl groups excluding tert-OH is 16. The van der Waals surface area contributed by atoms with Gasteiger partial charge in [-0.3, -0.25) is 0 Å². The molecule has 2 heterocycles. The third kappa shape index (κ3) is 19.7. The summed E-state index contributed by atoms with van der Waals surface area (Å²) in [4.78, 5) is 0. The van der Waals surface area contributed by atoms with Crippen LogP contribution < -0.4 is 0 Å². The molecule has 12 unspecified atom stereocenters. The molecule has 80 heavy (non-hydrogen) atoms. The number of hydrogen-bond donors (Lipinski definition) is 16. The van der Waals surface area contributed by atoms with Crippen LogP contribution in [0.5, 0.6) is 0 Å². The van der Waals surface area contributed by atoms with E-state index >= 15 is 0 Å². The molecule has 16 N–H and O–H groups in total. The molecule has 0 amide bonds. The molecule has 2 saturated carbocycles. The van der Waals surface area contributed by atoms with Gasteiger partial charge in [0, 0.05) is 44.7 Å². The van der Waals surface area contributed by atoms with Gasteiger partial charge in [0.15, 0.2) is 35.6 Å². The standard InChI is InChI=1S/C56H102O24/c1-4-6-8-10-12-14-16-18-20-26-73-31-35-33-28-34(56(35,3)32-74-27-21-19-17-15-13-11-9-7-5-2)49(80-55-47(70)43(66)51(39(30-60)76-55)78-53(72)45(68)41(64)37(62)23-25-58)48(33)79-54-46(69)42(65)50(38(29-59)75-54)77-52(71)44(67)40(63)36(61)22-24-57/h33-39,42-43,46-55,57-72H,4-32H2,1-3H3/b44-40-,45-41-/t33?,34?,35?,36-,37-,38?,39?,42?,43?,46?,47?,48?,49?,50-,51-,52-,53-,54+,55+,56?/m1/s1. The van der Waals surface area contributed by atoms with Crippen LogP contribution in [0, 0.1) is 23.2 Å². The molecule has 470 valence electrons. The Balaban J connectivity index is 1.63. The van der Waals surface area contributed by atoms with Crippen LogP contribution in [0.25, 0.3) is 0 Å². The van der Waals surface area contributed by atoms with Crippen molar-refractivity contribution >= 4 is 0 Å². The molecule has 20 atom stereocenters. The van der Waals surface area contributed by atoms with Crippen LogP contribution >= 0.6 is 0 Å². The Hall–Kier alpha value is -2.12. The molecule has 24 heteroatoms. The van der Waals surface area contributed by atoms with Crippen molar-refractivity contribution in [2.24, 2.45) is 23.2 Å². The van der Waals surface area contributed by atoms with Gasteiger partial charge < -0.3 is 120 Å². The Morgan fingerprint density at radius 1 is 0.500 bits per heavy atom. The predicted octanol–water partition coefficient (Wildman–Crippen LogP) is 2.55. The summed E-state index contributed by atoms with van der Waals surface area (Å²) in [6, 6.07) is 0. The van der Waals surface area contributed by atoms with Crippen LogP contribution in [0.15, 0.2) is 23.0 Å². The topological polar surface area (TPSA) is 398 Å². The van der Waals surface area contributed by atoms with Crippen LogP contribution in [-0.2, 0) is 37.9 Å². The van der Waals surface area contributed by atoms with Crippen LogP contribution in [0.3, 0.4) is 0 Å². The summed E-state index contributed by atoms with van der Waals surface area (Å²) in [5.41, 5.74) is -0.718. The average molecular weight is 1160 g/mol. The monoisotopic (exact) mass is 1160 g/mol. The first kappa shape index (κ1) is 70.4. The fourth-order valence-electron chi connectivity index (χ4n) is 11.8. The van der Waals surface area contributed by atoms with Crippen molar-refractivity contribution in [2.75, 3.05) is 52.9 Å². The average Bonchev–Trinajstić information content (AvgIpc) is 4.09. The highest BCUT2D eigenvalue weighted by Gasteiger charge is 2.67. The van der Waals surface area contributed by atoms with E-state index in [1.807, 2.05) is 6.92 Å². The second kappa shape index (κ2) is 36.7. The molecule has 0 aromatic heterocycles. The zero-order valence-corrected chi connectivity index (χ0v) is 47.4. The van der Waals surface area contributed by atoms with Gasteiger partial charge in [-0.25, -0.2) is 0 Å². The molecule has 4 aliphatic rings. The number of ether oxygens (including phenoxy) is 8. The number of hydrogen-bond acceptors (Lipinski definition) is 24. The molecule has 4 fully saturated rings. The highest BCUT2D eigenvalue weighted by atomic mass is 16.8. The van der Waals surface area contributed by atoms with Gasteiger partial charge in [0.2, 0.25) is 12.6 Å². The molecule has 0 spiro atoms. The lowest BCUT2D eigenvalue weighted by Gasteiger charge is -2.51. The second-order valence-electron chi connectivity index (χ2n) is 22.5. The summed E-state index contributed by atoms with van der Waals surface area (Å²) in [5, 5.41) is 169. The second-order valence-corrected chi connectivity index (χ2v) is 22.5. The fraction of sp³-hybridized carbons (Fsp3) is 0.929. The van der Waals surface area contributed by atoms with Gasteiger partial charge in [-0.2, -0.15) is 0 Å². The van der Waals surface area contributed by atoms with E-state index in [2.05, 4.69) is 13.8 Å². The maximum Gasteiger partial charge on any atom is 0.218 e. The lowest BCUT2D eigenvalue weighted by Crippen LogP contribution is -2.64. The molecule has 4 rings (SSSR count). The normalized spacial score (nSPS) is 33.8. The first-order chi connectivity index (χ1) is 38.4. The van der Waals surface area contributed by atoms with Crippen molar-refractivity contribution in [1.29, 1.82) is 0 Å². The van der Waals surface area contributed by atoms with E-state index in [1.165, 1.54) is 64.2 Å². The fourth-order valence-corrected chi connectivity index (χ4v) is 11.8. The number of fused-ring (bicyclic) bond motifs is 2. The van der Waals surface area contributed by atoms with Gasteiger partial charge >= 0.3 is 0 Å². The van der Waals surface area contributed by atoms with Crippen LogP contribution in [0.1, 0.15) is 156 Å². The smallest absolute Gasteiger partial charge is 0.218 e. The van der Waals surface area contributed by atoms with E-state index in [0.29, 0.717) is 19.6 Å². The molecular formula is C56H102O24. The lowest BCUT2D eigenvalue weighted by molar-refractivity contribution is -0.362. The minimum Gasteiger partial charge on any atom is -0.506 e. The zero-order chi connectivity index (χ0) is 58.9. The molecule has 2 bridgehead atoms. The van der Waals surface area contributed by atoms with Crippen molar-refractivity contribution in [3.05, 3.63) is 23.0 Å². The van der Waals surface area contributed by atoms with Gasteiger partial charge in [-0.1, -0.05) is 124 Å². The third-order valence-corrected chi connectivity index (χ3v) is 16.6. The Morgan fingerprint density at radius 3 is 1.29 bits per heavy atom. The number of rotatable bonds is 42. The highest BCUT2D eigenvalue weighted by molar-refractivity contribution is 5.14. The van der Waals surface area contributed by atoms with Gasteiger partial charge in [-0.05, 0) is 37.0 Å². The maximum atomic E-state index is 11.7. The molecule has 2 aliphatic carbocycles. The van der Waals surface area contributed by atoms with Gasteiger partial charge in [-0.15, -0.1) is 0 Å². The predicted molar refractivity (Wildman–Crippen MR) is 286 cm³/mol. The Bertz CT molecular complexity index is 1740. The highest BCUT2D eigenvalue weighted by Crippen LogP contribution is 2.62. The number of unbranched alkanes of at least 4 members (excludes halogenated alkanes) is 16.